The minimum Gasteiger partial charge on any atom is -0.332 e. The Morgan fingerprint density at radius 1 is 1.23 bits per heavy atom. The van der Waals surface area contributed by atoms with Crippen molar-refractivity contribution in [2.75, 3.05) is 5.32 Å². The molecule has 0 saturated heterocycles. The second kappa shape index (κ2) is 6.72. The van der Waals surface area contributed by atoms with E-state index >= 15 is 0 Å². The van der Waals surface area contributed by atoms with Crippen LogP contribution in [0.15, 0.2) is 54.2 Å². The molecule has 0 unspecified atom stereocenters. The Bertz CT molecular complexity index is 1080. The van der Waals surface area contributed by atoms with Crippen LogP contribution in [0, 0.1) is 6.92 Å². The van der Waals surface area contributed by atoms with Crippen molar-refractivity contribution in [3.63, 3.8) is 0 Å². The minimum atomic E-state index is -0.200. The van der Waals surface area contributed by atoms with E-state index in [1.54, 1.807) is 11.6 Å². The summed E-state index contributed by atoms with van der Waals surface area (Å²) in [5, 5.41) is 6.56. The first-order valence-electron chi connectivity index (χ1n) is 8.43. The summed E-state index contributed by atoms with van der Waals surface area (Å²) in [6, 6.07) is 11.7. The standard InChI is InChI=1S/C20H18N4OS/c1-3-24-11-16(15-5-4-10-21-18(15)24)20-23-17(12-26-20)19(25)22-14-8-6-13(2)7-9-14/h4-12H,3H2,1-2H3,(H,22,25). The molecule has 0 aliphatic heterocycles. The maximum absolute atomic E-state index is 12.5. The Balaban J connectivity index is 1.64. The molecule has 6 heteroatoms. The van der Waals surface area contributed by atoms with Crippen LogP contribution in [0.3, 0.4) is 0 Å². The predicted octanol–water partition coefficient (Wildman–Crippen LogP) is 4.74. The molecule has 0 aliphatic carbocycles. The molecule has 4 rings (SSSR count). The first-order valence-corrected chi connectivity index (χ1v) is 9.31. The molecule has 4 aromatic rings. The third-order valence-corrected chi connectivity index (χ3v) is 5.13. The molecule has 26 heavy (non-hydrogen) atoms. The van der Waals surface area contributed by atoms with Crippen molar-refractivity contribution in [3.05, 3.63) is 65.4 Å². The maximum atomic E-state index is 12.5. The van der Waals surface area contributed by atoms with Gasteiger partial charge in [0.2, 0.25) is 0 Å². The van der Waals surface area contributed by atoms with Crippen LogP contribution in [0.5, 0.6) is 0 Å². The number of nitrogens with zero attached hydrogens (tertiary/aromatic N) is 3. The third-order valence-electron chi connectivity index (χ3n) is 4.25. The van der Waals surface area contributed by atoms with Gasteiger partial charge in [0.15, 0.2) is 0 Å². The van der Waals surface area contributed by atoms with Gasteiger partial charge < -0.3 is 9.88 Å². The number of thiazole rings is 1. The number of rotatable bonds is 4. The zero-order valence-electron chi connectivity index (χ0n) is 14.6. The number of carbonyl (C=O) groups is 1. The zero-order chi connectivity index (χ0) is 18.1. The van der Waals surface area contributed by atoms with Crippen molar-refractivity contribution in [3.8, 4) is 10.6 Å². The number of nitrogens with one attached hydrogen (secondary N) is 1. The summed E-state index contributed by atoms with van der Waals surface area (Å²) in [6.45, 7) is 4.93. The van der Waals surface area contributed by atoms with Crippen molar-refractivity contribution in [1.29, 1.82) is 0 Å². The normalized spacial score (nSPS) is 11.0. The van der Waals surface area contributed by atoms with Gasteiger partial charge in [0.1, 0.15) is 16.3 Å². The maximum Gasteiger partial charge on any atom is 0.275 e. The number of hydrogen-bond acceptors (Lipinski definition) is 4. The van der Waals surface area contributed by atoms with E-state index in [0.717, 1.165) is 39.4 Å². The van der Waals surface area contributed by atoms with E-state index in [1.165, 1.54) is 11.3 Å². The molecular weight excluding hydrogens is 344 g/mol. The lowest BCUT2D eigenvalue weighted by Gasteiger charge is -2.03. The van der Waals surface area contributed by atoms with E-state index in [9.17, 15) is 4.79 Å². The van der Waals surface area contributed by atoms with E-state index in [4.69, 9.17) is 0 Å². The van der Waals surface area contributed by atoms with Crippen LogP contribution in [0.4, 0.5) is 5.69 Å². The number of benzene rings is 1. The van der Waals surface area contributed by atoms with Crippen LogP contribution in [-0.4, -0.2) is 20.4 Å². The predicted molar refractivity (Wildman–Crippen MR) is 106 cm³/mol. The van der Waals surface area contributed by atoms with Crippen LogP contribution >= 0.6 is 11.3 Å². The smallest absolute Gasteiger partial charge is 0.275 e. The highest BCUT2D eigenvalue weighted by Crippen LogP contribution is 2.32. The van der Waals surface area contributed by atoms with Gasteiger partial charge in [-0.15, -0.1) is 11.3 Å². The summed E-state index contributed by atoms with van der Waals surface area (Å²) in [5.41, 5.74) is 4.29. The van der Waals surface area contributed by atoms with Crippen LogP contribution in [-0.2, 0) is 6.54 Å². The summed E-state index contributed by atoms with van der Waals surface area (Å²) in [6.07, 6.45) is 3.85. The molecule has 130 valence electrons. The lowest BCUT2D eigenvalue weighted by Crippen LogP contribution is -2.12. The van der Waals surface area contributed by atoms with E-state index in [0.29, 0.717) is 5.69 Å². The largest absolute Gasteiger partial charge is 0.332 e. The number of amides is 1. The van der Waals surface area contributed by atoms with E-state index in [1.807, 2.05) is 43.3 Å². The average Bonchev–Trinajstić information content (AvgIpc) is 3.28. The lowest BCUT2D eigenvalue weighted by atomic mass is 10.2. The first kappa shape index (κ1) is 16.5. The number of hydrogen-bond donors (Lipinski definition) is 1. The monoisotopic (exact) mass is 362 g/mol. The fraction of sp³-hybridized carbons (Fsp3) is 0.150. The zero-order valence-corrected chi connectivity index (χ0v) is 15.4. The molecule has 0 saturated carbocycles. The summed E-state index contributed by atoms with van der Waals surface area (Å²) in [7, 11) is 0. The van der Waals surface area contributed by atoms with Crippen molar-refractivity contribution in [1.82, 2.24) is 14.5 Å². The van der Waals surface area contributed by atoms with Crippen LogP contribution in [0.1, 0.15) is 23.0 Å². The molecule has 0 spiro atoms. The number of fused-ring (bicyclic) bond motifs is 1. The fourth-order valence-electron chi connectivity index (χ4n) is 2.87. The average molecular weight is 362 g/mol. The minimum absolute atomic E-state index is 0.200. The van der Waals surface area contributed by atoms with Gasteiger partial charge in [-0.3, -0.25) is 4.79 Å². The van der Waals surface area contributed by atoms with Crippen LogP contribution in [0.25, 0.3) is 21.6 Å². The number of aromatic nitrogens is 3. The molecule has 3 heterocycles. The number of pyridine rings is 1. The van der Waals surface area contributed by atoms with Crippen molar-refractivity contribution >= 4 is 34.0 Å². The molecule has 0 fully saturated rings. The highest BCUT2D eigenvalue weighted by Gasteiger charge is 2.16. The molecule has 1 aromatic carbocycles. The third kappa shape index (κ3) is 2.99. The van der Waals surface area contributed by atoms with Crippen molar-refractivity contribution in [2.45, 2.75) is 20.4 Å². The molecule has 0 aliphatic rings. The quantitative estimate of drug-likeness (QED) is 0.570. The molecular formula is C20H18N4OS. The van der Waals surface area contributed by atoms with E-state index < -0.39 is 0 Å². The Hall–Kier alpha value is -2.99. The number of carbonyl (C=O) groups excluding carboxylic acids is 1. The van der Waals surface area contributed by atoms with Gasteiger partial charge in [-0.25, -0.2) is 9.97 Å². The van der Waals surface area contributed by atoms with Gasteiger partial charge in [-0.2, -0.15) is 0 Å². The highest BCUT2D eigenvalue weighted by atomic mass is 32.1. The molecule has 0 radical (unpaired) electrons. The topological polar surface area (TPSA) is 59.8 Å². The summed E-state index contributed by atoms with van der Waals surface area (Å²) >= 11 is 1.47. The molecule has 0 atom stereocenters. The molecule has 3 aromatic heterocycles. The van der Waals surface area contributed by atoms with E-state index in [2.05, 4.69) is 33.0 Å². The van der Waals surface area contributed by atoms with Gasteiger partial charge in [0.05, 0.1) is 0 Å². The molecule has 5 nitrogen and oxygen atoms in total. The van der Waals surface area contributed by atoms with Gasteiger partial charge in [-0.05, 0) is 38.1 Å². The molecule has 1 amide bonds. The van der Waals surface area contributed by atoms with Crippen LogP contribution in [0.2, 0.25) is 0 Å². The number of aryl methyl sites for hydroxylation is 2. The summed E-state index contributed by atoms with van der Waals surface area (Å²) in [5.74, 6) is -0.200. The summed E-state index contributed by atoms with van der Waals surface area (Å²) in [4.78, 5) is 21.5. The van der Waals surface area contributed by atoms with Crippen molar-refractivity contribution in [2.24, 2.45) is 0 Å². The van der Waals surface area contributed by atoms with E-state index in [-0.39, 0.29) is 5.91 Å². The number of anilines is 1. The SMILES string of the molecule is CCn1cc(-c2nc(C(=O)Nc3ccc(C)cc3)cs2)c2cccnc21. The lowest BCUT2D eigenvalue weighted by molar-refractivity contribution is 0.102. The summed E-state index contributed by atoms with van der Waals surface area (Å²) < 4.78 is 2.10. The Labute approximate surface area is 155 Å². The van der Waals surface area contributed by atoms with Gasteiger partial charge >= 0.3 is 0 Å². The van der Waals surface area contributed by atoms with Crippen molar-refractivity contribution < 1.29 is 4.79 Å². The molecule has 1 N–H and O–H groups in total. The van der Waals surface area contributed by atoms with Gasteiger partial charge in [-0.1, -0.05) is 17.7 Å². The second-order valence-electron chi connectivity index (χ2n) is 6.06. The molecule has 0 bridgehead atoms. The van der Waals surface area contributed by atoms with Gasteiger partial charge in [0, 0.05) is 41.0 Å². The second-order valence-corrected chi connectivity index (χ2v) is 6.92. The Kier molecular flexibility index (Phi) is 4.26. The Morgan fingerprint density at radius 3 is 2.81 bits per heavy atom. The fourth-order valence-corrected chi connectivity index (χ4v) is 3.69. The van der Waals surface area contributed by atoms with Crippen LogP contribution < -0.4 is 5.32 Å². The highest BCUT2D eigenvalue weighted by molar-refractivity contribution is 7.13. The Morgan fingerprint density at radius 2 is 2.04 bits per heavy atom. The first-order chi connectivity index (χ1) is 12.7. The van der Waals surface area contributed by atoms with Gasteiger partial charge in [0.25, 0.3) is 5.91 Å².